The Labute approximate surface area is 103 Å². The van der Waals surface area contributed by atoms with Crippen LogP contribution in [0.4, 0.5) is 5.69 Å². The minimum Gasteiger partial charge on any atom is -0.372 e. The molecule has 1 atom stereocenters. The molecule has 2 aliphatic rings. The number of anilines is 1. The number of nitriles is 1. The normalized spacial score (nSPS) is 23.2. The molecule has 2 heteroatoms. The molecule has 1 aromatic rings. The summed E-state index contributed by atoms with van der Waals surface area (Å²) >= 11 is 0. The van der Waals surface area contributed by atoms with Crippen LogP contribution < -0.4 is 4.90 Å². The van der Waals surface area contributed by atoms with E-state index in [1.54, 1.807) is 0 Å². The van der Waals surface area contributed by atoms with Crippen molar-refractivity contribution in [3.05, 3.63) is 29.3 Å². The summed E-state index contributed by atoms with van der Waals surface area (Å²) in [5.41, 5.74) is 4.05. The summed E-state index contributed by atoms with van der Waals surface area (Å²) in [4.78, 5) is 2.47. The zero-order chi connectivity index (χ0) is 11.7. The zero-order valence-corrected chi connectivity index (χ0v) is 10.2. The van der Waals surface area contributed by atoms with E-state index in [4.69, 9.17) is 5.26 Å². The molecule has 17 heavy (non-hydrogen) atoms. The van der Waals surface area contributed by atoms with Gasteiger partial charge in [-0.15, -0.1) is 0 Å². The Hall–Kier alpha value is -1.49. The first kappa shape index (κ1) is 10.7. The van der Waals surface area contributed by atoms with Gasteiger partial charge in [0.05, 0.1) is 12.0 Å². The Bertz CT molecular complexity index is 452. The average molecular weight is 226 g/mol. The molecule has 2 nitrogen and oxygen atoms in total. The number of aryl methyl sites for hydroxylation is 1. The first-order chi connectivity index (χ1) is 8.38. The van der Waals surface area contributed by atoms with E-state index in [1.165, 1.54) is 42.7 Å². The molecule has 0 aromatic heterocycles. The van der Waals surface area contributed by atoms with E-state index in [2.05, 4.69) is 29.2 Å². The molecular formula is C15H18N2. The molecule has 0 saturated carbocycles. The van der Waals surface area contributed by atoms with Crippen molar-refractivity contribution in [3.63, 3.8) is 0 Å². The van der Waals surface area contributed by atoms with Crippen LogP contribution in [0.25, 0.3) is 0 Å². The molecule has 1 aromatic carbocycles. The summed E-state index contributed by atoms with van der Waals surface area (Å²) in [6.07, 6.45) is 5.98. The maximum atomic E-state index is 9.16. The van der Waals surface area contributed by atoms with E-state index in [0.29, 0.717) is 0 Å². The van der Waals surface area contributed by atoms with E-state index in [9.17, 15) is 0 Å². The van der Waals surface area contributed by atoms with Gasteiger partial charge >= 0.3 is 0 Å². The number of nitrogens with zero attached hydrogens (tertiary/aromatic N) is 2. The maximum absolute atomic E-state index is 9.16. The predicted octanol–water partition coefficient (Wildman–Crippen LogP) is 3.23. The largest absolute Gasteiger partial charge is 0.372 e. The van der Waals surface area contributed by atoms with Crippen LogP contribution >= 0.6 is 0 Å². The lowest BCUT2D eigenvalue weighted by Gasteiger charge is -2.24. The van der Waals surface area contributed by atoms with Crippen molar-refractivity contribution in [2.45, 2.75) is 38.0 Å². The fraction of sp³-hybridized carbons (Fsp3) is 0.533. The topological polar surface area (TPSA) is 27.0 Å². The standard InChI is InChI=1S/C15H18N2/c16-11-13-5-3-4-12-10-14(6-7-15(12)13)17-8-1-2-9-17/h6-7,10,13H,1-5,8-9H2. The van der Waals surface area contributed by atoms with Crippen molar-refractivity contribution in [2.75, 3.05) is 18.0 Å². The van der Waals surface area contributed by atoms with Gasteiger partial charge in [0.25, 0.3) is 0 Å². The van der Waals surface area contributed by atoms with Crippen LogP contribution in [0.3, 0.4) is 0 Å². The molecule has 0 radical (unpaired) electrons. The second-order valence-electron chi connectivity index (χ2n) is 5.15. The van der Waals surface area contributed by atoms with E-state index >= 15 is 0 Å². The van der Waals surface area contributed by atoms with E-state index in [1.807, 2.05) is 0 Å². The third-order valence-electron chi connectivity index (χ3n) is 4.07. The minimum atomic E-state index is 0.131. The Morgan fingerprint density at radius 2 is 2.00 bits per heavy atom. The van der Waals surface area contributed by atoms with Gasteiger partial charge in [-0.3, -0.25) is 0 Å². The quantitative estimate of drug-likeness (QED) is 0.735. The fourth-order valence-electron chi connectivity index (χ4n) is 3.11. The Morgan fingerprint density at radius 1 is 1.18 bits per heavy atom. The molecule has 1 unspecified atom stereocenters. The van der Waals surface area contributed by atoms with Crippen molar-refractivity contribution < 1.29 is 0 Å². The van der Waals surface area contributed by atoms with E-state index < -0.39 is 0 Å². The maximum Gasteiger partial charge on any atom is 0.0715 e. The highest BCUT2D eigenvalue weighted by molar-refractivity contribution is 5.53. The van der Waals surface area contributed by atoms with Crippen LogP contribution in [0.15, 0.2) is 18.2 Å². The highest BCUT2D eigenvalue weighted by Crippen LogP contribution is 2.34. The van der Waals surface area contributed by atoms with E-state index in [0.717, 1.165) is 19.3 Å². The molecule has 0 spiro atoms. The highest BCUT2D eigenvalue weighted by Gasteiger charge is 2.21. The van der Waals surface area contributed by atoms with Crippen LogP contribution in [0.2, 0.25) is 0 Å². The Balaban J connectivity index is 1.93. The number of benzene rings is 1. The van der Waals surface area contributed by atoms with Gasteiger partial charge in [-0.1, -0.05) is 6.07 Å². The Morgan fingerprint density at radius 3 is 2.76 bits per heavy atom. The van der Waals surface area contributed by atoms with E-state index in [-0.39, 0.29) is 5.92 Å². The molecule has 1 aliphatic carbocycles. The fourth-order valence-corrected chi connectivity index (χ4v) is 3.11. The van der Waals surface area contributed by atoms with Crippen molar-refractivity contribution in [2.24, 2.45) is 0 Å². The number of rotatable bonds is 1. The third kappa shape index (κ3) is 1.91. The van der Waals surface area contributed by atoms with Crippen LogP contribution in [0.5, 0.6) is 0 Å². The lowest BCUT2D eigenvalue weighted by atomic mass is 9.83. The number of hydrogen-bond donors (Lipinski definition) is 0. The zero-order valence-electron chi connectivity index (χ0n) is 10.2. The SMILES string of the molecule is N#CC1CCCc2cc(N3CCCC3)ccc21. The molecular weight excluding hydrogens is 208 g/mol. The molecule has 1 saturated heterocycles. The summed E-state index contributed by atoms with van der Waals surface area (Å²) < 4.78 is 0. The molecule has 88 valence electrons. The van der Waals surface area contributed by atoms with Gasteiger partial charge in [0.2, 0.25) is 0 Å². The molecule has 0 amide bonds. The second-order valence-corrected chi connectivity index (χ2v) is 5.15. The summed E-state index contributed by atoms with van der Waals surface area (Å²) in [5.74, 6) is 0.131. The van der Waals surface area contributed by atoms with Crippen LogP contribution in [0, 0.1) is 11.3 Å². The van der Waals surface area contributed by atoms with Crippen molar-refractivity contribution in [1.29, 1.82) is 5.26 Å². The third-order valence-corrected chi connectivity index (χ3v) is 4.07. The van der Waals surface area contributed by atoms with Gasteiger partial charge in [-0.05, 0) is 55.4 Å². The van der Waals surface area contributed by atoms with Gasteiger partial charge in [0.15, 0.2) is 0 Å². The van der Waals surface area contributed by atoms with Crippen molar-refractivity contribution in [3.8, 4) is 6.07 Å². The van der Waals surface area contributed by atoms with Crippen molar-refractivity contribution >= 4 is 5.69 Å². The first-order valence-electron chi connectivity index (χ1n) is 6.66. The molecule has 1 aliphatic heterocycles. The van der Waals surface area contributed by atoms with Crippen LogP contribution in [0.1, 0.15) is 42.7 Å². The van der Waals surface area contributed by atoms with Gasteiger partial charge in [0.1, 0.15) is 0 Å². The minimum absolute atomic E-state index is 0.131. The van der Waals surface area contributed by atoms with Crippen molar-refractivity contribution in [1.82, 2.24) is 0 Å². The van der Waals surface area contributed by atoms with Gasteiger partial charge in [-0.25, -0.2) is 0 Å². The lowest BCUT2D eigenvalue weighted by molar-refractivity contribution is 0.636. The summed E-state index contributed by atoms with van der Waals surface area (Å²) in [6.45, 7) is 2.39. The molecule has 1 fully saturated rings. The molecule has 0 bridgehead atoms. The number of hydrogen-bond acceptors (Lipinski definition) is 2. The smallest absolute Gasteiger partial charge is 0.0715 e. The molecule has 3 rings (SSSR count). The number of fused-ring (bicyclic) bond motifs is 1. The molecule has 0 N–H and O–H groups in total. The Kier molecular flexibility index (Phi) is 2.76. The van der Waals surface area contributed by atoms with Gasteiger partial charge in [0, 0.05) is 18.8 Å². The van der Waals surface area contributed by atoms with Gasteiger partial charge in [-0.2, -0.15) is 5.26 Å². The second kappa shape index (κ2) is 4.41. The average Bonchev–Trinajstić information content (AvgIpc) is 2.91. The monoisotopic (exact) mass is 226 g/mol. The highest BCUT2D eigenvalue weighted by atomic mass is 15.1. The lowest BCUT2D eigenvalue weighted by Crippen LogP contribution is -2.18. The summed E-state index contributed by atoms with van der Waals surface area (Å²) in [7, 11) is 0. The van der Waals surface area contributed by atoms with Crippen LogP contribution in [-0.2, 0) is 6.42 Å². The van der Waals surface area contributed by atoms with Crippen LogP contribution in [-0.4, -0.2) is 13.1 Å². The summed E-state index contributed by atoms with van der Waals surface area (Å²) in [6, 6.07) is 9.16. The summed E-state index contributed by atoms with van der Waals surface area (Å²) in [5, 5.41) is 9.16. The predicted molar refractivity (Wildman–Crippen MR) is 69.2 cm³/mol. The first-order valence-corrected chi connectivity index (χ1v) is 6.66. The molecule has 1 heterocycles. The van der Waals surface area contributed by atoms with Gasteiger partial charge < -0.3 is 4.90 Å².